The average molecular weight is 420 g/mol. The number of anilines is 1. The standard InChI is InChI=1S/C25H22ClNO3/c1-14-4-9-22-18(10-14)23(29)19-11-17-20(12-25(2,3)13-21(17)28)27(24(19)30-22)16-7-5-15(26)6-8-16/h4-11,24H,12-13H2,1-3H3. The van der Waals surface area contributed by atoms with E-state index in [1.54, 1.807) is 6.08 Å². The normalized spacial score (nSPS) is 22.1. The Kier molecular flexibility index (Phi) is 4.19. The van der Waals surface area contributed by atoms with Gasteiger partial charge in [0.1, 0.15) is 5.75 Å². The predicted octanol–water partition coefficient (Wildman–Crippen LogP) is 5.64. The highest BCUT2D eigenvalue weighted by atomic mass is 35.5. The second kappa shape index (κ2) is 6.58. The number of hydrogen-bond donors (Lipinski definition) is 0. The summed E-state index contributed by atoms with van der Waals surface area (Å²) < 4.78 is 6.37. The number of carbonyl (C=O) groups excluding carboxylic acids is 2. The number of rotatable bonds is 1. The highest BCUT2D eigenvalue weighted by Crippen LogP contribution is 2.46. The van der Waals surface area contributed by atoms with E-state index in [2.05, 4.69) is 13.8 Å². The summed E-state index contributed by atoms with van der Waals surface area (Å²) in [7, 11) is 0. The van der Waals surface area contributed by atoms with E-state index in [0.717, 1.165) is 23.4 Å². The lowest BCUT2D eigenvalue weighted by Crippen LogP contribution is -2.49. The summed E-state index contributed by atoms with van der Waals surface area (Å²) in [6, 6.07) is 13.1. The summed E-state index contributed by atoms with van der Waals surface area (Å²) in [5, 5.41) is 0.627. The fourth-order valence-electron chi connectivity index (χ4n) is 4.57. The molecule has 0 amide bonds. The smallest absolute Gasteiger partial charge is 0.206 e. The summed E-state index contributed by atoms with van der Waals surface area (Å²) in [5.41, 5.74) is 4.22. The van der Waals surface area contributed by atoms with Crippen LogP contribution >= 0.6 is 11.6 Å². The van der Waals surface area contributed by atoms with Crippen LogP contribution in [0.4, 0.5) is 5.69 Å². The van der Waals surface area contributed by atoms with Crippen LogP contribution in [0.5, 0.6) is 5.75 Å². The maximum atomic E-state index is 13.4. The van der Waals surface area contributed by atoms with Gasteiger partial charge in [-0.25, -0.2) is 0 Å². The van der Waals surface area contributed by atoms with Gasteiger partial charge in [-0.2, -0.15) is 0 Å². The number of halogens is 1. The summed E-state index contributed by atoms with van der Waals surface area (Å²) in [4.78, 5) is 28.5. The van der Waals surface area contributed by atoms with Gasteiger partial charge in [0.25, 0.3) is 0 Å². The number of Topliss-reactive ketones (excluding diaryl/α,β-unsaturated/α-hetero) is 2. The molecule has 0 saturated heterocycles. The van der Waals surface area contributed by atoms with E-state index >= 15 is 0 Å². The lowest BCUT2D eigenvalue weighted by molar-refractivity contribution is -0.117. The second-order valence-corrected chi connectivity index (χ2v) is 9.48. The fourth-order valence-corrected chi connectivity index (χ4v) is 4.70. The summed E-state index contributed by atoms with van der Waals surface area (Å²) in [6.45, 7) is 6.14. The number of hydrogen-bond acceptors (Lipinski definition) is 4. The zero-order valence-electron chi connectivity index (χ0n) is 17.2. The van der Waals surface area contributed by atoms with E-state index in [0.29, 0.717) is 33.9 Å². The fraction of sp³-hybridized carbons (Fsp3) is 0.280. The Labute approximate surface area is 180 Å². The molecule has 2 heterocycles. The van der Waals surface area contributed by atoms with Crippen molar-refractivity contribution in [1.82, 2.24) is 0 Å². The molecule has 0 aromatic heterocycles. The Morgan fingerprint density at radius 2 is 1.80 bits per heavy atom. The van der Waals surface area contributed by atoms with E-state index in [4.69, 9.17) is 16.3 Å². The van der Waals surface area contributed by atoms with Crippen molar-refractivity contribution < 1.29 is 14.3 Å². The zero-order chi connectivity index (χ0) is 21.2. The van der Waals surface area contributed by atoms with Crippen LogP contribution in [0.2, 0.25) is 5.02 Å². The zero-order valence-corrected chi connectivity index (χ0v) is 17.9. The molecule has 2 aromatic carbocycles. The summed E-state index contributed by atoms with van der Waals surface area (Å²) in [6.07, 6.45) is 2.32. The van der Waals surface area contributed by atoms with Crippen LogP contribution < -0.4 is 9.64 Å². The Bertz CT molecular complexity index is 1160. The predicted molar refractivity (Wildman–Crippen MR) is 117 cm³/mol. The molecule has 30 heavy (non-hydrogen) atoms. The number of ketones is 2. The van der Waals surface area contributed by atoms with E-state index in [9.17, 15) is 9.59 Å². The molecule has 0 saturated carbocycles. The van der Waals surface area contributed by atoms with Gasteiger partial charge in [-0.15, -0.1) is 0 Å². The van der Waals surface area contributed by atoms with E-state index in [-0.39, 0.29) is 17.0 Å². The molecule has 0 N–H and O–H groups in total. The molecular weight excluding hydrogens is 398 g/mol. The Balaban J connectivity index is 1.72. The number of allylic oxidation sites excluding steroid dienone is 3. The molecule has 0 radical (unpaired) electrons. The van der Waals surface area contributed by atoms with Gasteiger partial charge in [-0.1, -0.05) is 37.1 Å². The van der Waals surface area contributed by atoms with Crippen molar-refractivity contribution in [1.29, 1.82) is 0 Å². The molecule has 0 spiro atoms. The van der Waals surface area contributed by atoms with Crippen LogP contribution in [0.3, 0.4) is 0 Å². The minimum absolute atomic E-state index is 0.0639. The molecule has 152 valence electrons. The van der Waals surface area contributed by atoms with Crippen molar-refractivity contribution >= 4 is 28.9 Å². The molecule has 1 aliphatic carbocycles. The van der Waals surface area contributed by atoms with Crippen molar-refractivity contribution in [3.05, 3.63) is 81.5 Å². The van der Waals surface area contributed by atoms with Gasteiger partial charge in [0.15, 0.2) is 11.6 Å². The molecular formula is C25H22ClNO3. The van der Waals surface area contributed by atoms with Crippen LogP contribution in [-0.4, -0.2) is 17.8 Å². The topological polar surface area (TPSA) is 46.6 Å². The van der Waals surface area contributed by atoms with Crippen molar-refractivity contribution in [3.63, 3.8) is 0 Å². The molecule has 5 heteroatoms. The van der Waals surface area contributed by atoms with Gasteiger partial charge in [0, 0.05) is 28.4 Å². The van der Waals surface area contributed by atoms with Crippen molar-refractivity contribution in [2.24, 2.45) is 5.41 Å². The first-order chi connectivity index (χ1) is 14.2. The lowest BCUT2D eigenvalue weighted by atomic mass is 9.73. The number of aryl methyl sites for hydroxylation is 1. The van der Waals surface area contributed by atoms with E-state index < -0.39 is 6.23 Å². The number of nitrogens with zero attached hydrogens (tertiary/aromatic N) is 1. The van der Waals surface area contributed by atoms with Crippen LogP contribution in [-0.2, 0) is 4.79 Å². The second-order valence-electron chi connectivity index (χ2n) is 9.05. The molecule has 1 atom stereocenters. The van der Waals surface area contributed by atoms with Crippen molar-refractivity contribution in [2.45, 2.75) is 39.8 Å². The highest BCUT2D eigenvalue weighted by Gasteiger charge is 2.45. The number of ether oxygens (including phenoxy) is 1. The minimum atomic E-state index is -0.616. The number of benzene rings is 2. The van der Waals surface area contributed by atoms with Crippen LogP contribution in [0.25, 0.3) is 0 Å². The number of fused-ring (bicyclic) bond motifs is 2. The molecule has 2 aliphatic heterocycles. The highest BCUT2D eigenvalue weighted by molar-refractivity contribution is 6.30. The van der Waals surface area contributed by atoms with Crippen molar-refractivity contribution in [3.8, 4) is 5.75 Å². The SMILES string of the molecule is Cc1ccc2c(c1)C(=O)C1=CC3=C(CC(C)(C)CC3=O)N(c3ccc(Cl)cc3)C1O2. The maximum absolute atomic E-state index is 13.4. The van der Waals surface area contributed by atoms with Gasteiger partial charge in [-0.3, -0.25) is 9.59 Å². The molecule has 4 nitrogen and oxygen atoms in total. The van der Waals surface area contributed by atoms with Crippen molar-refractivity contribution in [2.75, 3.05) is 4.90 Å². The van der Waals surface area contributed by atoms with Gasteiger partial charge >= 0.3 is 0 Å². The lowest BCUT2D eigenvalue weighted by Gasteiger charge is -2.45. The van der Waals surface area contributed by atoms with Crippen LogP contribution in [0.15, 0.2) is 65.4 Å². The third-order valence-corrected chi connectivity index (χ3v) is 6.22. The van der Waals surface area contributed by atoms with Gasteiger partial charge in [-0.05, 0) is 61.2 Å². The molecule has 5 rings (SSSR count). The molecule has 0 bridgehead atoms. The monoisotopic (exact) mass is 419 g/mol. The largest absolute Gasteiger partial charge is 0.465 e. The molecule has 3 aliphatic rings. The third kappa shape index (κ3) is 2.98. The first kappa shape index (κ1) is 19.1. The van der Waals surface area contributed by atoms with E-state index in [1.807, 2.05) is 54.3 Å². The Morgan fingerprint density at radius 1 is 1.07 bits per heavy atom. The average Bonchev–Trinajstić information content (AvgIpc) is 2.68. The van der Waals surface area contributed by atoms with E-state index in [1.165, 1.54) is 0 Å². The summed E-state index contributed by atoms with van der Waals surface area (Å²) >= 11 is 6.12. The van der Waals surface area contributed by atoms with Crippen LogP contribution in [0.1, 0.15) is 42.6 Å². The first-order valence-electron chi connectivity index (χ1n) is 10.1. The first-order valence-corrected chi connectivity index (χ1v) is 10.5. The van der Waals surface area contributed by atoms with Gasteiger partial charge < -0.3 is 9.64 Å². The Hall–Kier alpha value is -2.85. The molecule has 0 fully saturated rings. The Morgan fingerprint density at radius 3 is 2.53 bits per heavy atom. The molecule has 1 unspecified atom stereocenters. The van der Waals surface area contributed by atoms with Gasteiger partial charge in [0.05, 0.1) is 11.1 Å². The number of carbonyl (C=O) groups is 2. The molecule has 2 aromatic rings. The third-order valence-electron chi connectivity index (χ3n) is 5.97. The van der Waals surface area contributed by atoms with Crippen LogP contribution in [0, 0.1) is 12.3 Å². The summed E-state index contributed by atoms with van der Waals surface area (Å²) in [5.74, 6) is 0.541. The van der Waals surface area contributed by atoms with Gasteiger partial charge in [0.2, 0.25) is 6.23 Å². The maximum Gasteiger partial charge on any atom is 0.206 e. The minimum Gasteiger partial charge on any atom is -0.465 e. The quantitative estimate of drug-likeness (QED) is 0.600.